The Hall–Kier alpha value is -3.03. The molecular formula is C23H22ClNO6. The predicted octanol–water partition coefficient (Wildman–Crippen LogP) is 4.00. The molecule has 1 saturated heterocycles. The van der Waals surface area contributed by atoms with Gasteiger partial charge in [0.1, 0.15) is 34.3 Å². The van der Waals surface area contributed by atoms with E-state index in [1.54, 1.807) is 42.3 Å². The number of methoxy groups -OCH3 is 2. The Morgan fingerprint density at radius 3 is 2.55 bits per heavy atom. The molecule has 3 aromatic rings. The first-order valence-corrected chi connectivity index (χ1v) is 10.2. The second-order valence-electron chi connectivity index (χ2n) is 7.51. The van der Waals surface area contributed by atoms with Crippen molar-refractivity contribution in [2.24, 2.45) is 0 Å². The maximum absolute atomic E-state index is 13.2. The normalized spacial score (nSPS) is 19.0. The molecule has 4 rings (SSSR count). The zero-order valence-electron chi connectivity index (χ0n) is 17.3. The third-order valence-electron chi connectivity index (χ3n) is 5.82. The lowest BCUT2D eigenvalue weighted by atomic mass is 9.89. The molecule has 0 saturated carbocycles. The van der Waals surface area contributed by atoms with Crippen molar-refractivity contribution < 1.29 is 23.8 Å². The molecule has 1 aromatic heterocycles. The van der Waals surface area contributed by atoms with Gasteiger partial charge in [0.25, 0.3) is 0 Å². The summed E-state index contributed by atoms with van der Waals surface area (Å²) in [7, 11) is 4.72. The molecule has 1 aliphatic heterocycles. The molecule has 7 nitrogen and oxygen atoms in total. The number of carboxylic acids is 1. The number of hydrogen-bond donors (Lipinski definition) is 1. The van der Waals surface area contributed by atoms with Gasteiger partial charge in [0.05, 0.1) is 19.2 Å². The number of likely N-dealkylation sites (N-methyl/N-ethyl adjacent to an activating group) is 1. The third-order valence-corrected chi connectivity index (χ3v) is 6.15. The van der Waals surface area contributed by atoms with Gasteiger partial charge in [-0.2, -0.15) is 0 Å². The summed E-state index contributed by atoms with van der Waals surface area (Å²) >= 11 is 6.33. The molecule has 0 amide bonds. The molecule has 0 bridgehead atoms. The molecule has 31 heavy (non-hydrogen) atoms. The van der Waals surface area contributed by atoms with Gasteiger partial charge in [0.15, 0.2) is 5.43 Å². The number of halogens is 1. The topological polar surface area (TPSA) is 89.2 Å². The minimum atomic E-state index is -0.944. The minimum absolute atomic E-state index is 0.243. The first kappa shape index (κ1) is 21.2. The van der Waals surface area contributed by atoms with Crippen molar-refractivity contribution in [1.29, 1.82) is 0 Å². The Bertz CT molecular complexity index is 1220. The Balaban J connectivity index is 2.08. The Labute approximate surface area is 183 Å². The summed E-state index contributed by atoms with van der Waals surface area (Å²) < 4.78 is 17.3. The lowest BCUT2D eigenvalue weighted by Crippen LogP contribution is -2.36. The molecule has 162 valence electrons. The number of benzene rings is 2. The zero-order chi connectivity index (χ0) is 22.3. The van der Waals surface area contributed by atoms with E-state index in [0.29, 0.717) is 40.6 Å². The van der Waals surface area contributed by atoms with Gasteiger partial charge in [-0.25, -0.2) is 0 Å². The molecule has 2 aromatic carbocycles. The summed E-state index contributed by atoms with van der Waals surface area (Å²) in [5, 5.41) is 10.5. The average molecular weight is 444 g/mol. The average Bonchev–Trinajstić information content (AvgIpc) is 3.13. The minimum Gasteiger partial charge on any atom is -0.496 e. The largest absolute Gasteiger partial charge is 0.496 e. The summed E-state index contributed by atoms with van der Waals surface area (Å²) in [6.45, 7) is 0.590. The quantitative estimate of drug-likeness (QED) is 0.637. The van der Waals surface area contributed by atoms with Gasteiger partial charge in [0.2, 0.25) is 0 Å². The van der Waals surface area contributed by atoms with Gasteiger partial charge >= 0.3 is 5.97 Å². The monoisotopic (exact) mass is 443 g/mol. The highest BCUT2D eigenvalue weighted by molar-refractivity contribution is 6.33. The van der Waals surface area contributed by atoms with E-state index >= 15 is 0 Å². The lowest BCUT2D eigenvalue weighted by Gasteiger charge is -2.24. The number of likely N-dealkylation sites (tertiary alicyclic amines) is 1. The van der Waals surface area contributed by atoms with E-state index in [1.807, 2.05) is 0 Å². The van der Waals surface area contributed by atoms with Crippen LogP contribution in [0.1, 0.15) is 17.9 Å². The van der Waals surface area contributed by atoms with Gasteiger partial charge in [0, 0.05) is 29.2 Å². The molecule has 1 aliphatic rings. The smallest absolute Gasteiger partial charge is 0.321 e. The third kappa shape index (κ3) is 3.54. The van der Waals surface area contributed by atoms with E-state index in [1.165, 1.54) is 20.3 Å². The number of aliphatic carboxylic acids is 1. The summed E-state index contributed by atoms with van der Waals surface area (Å²) in [4.78, 5) is 27.0. The van der Waals surface area contributed by atoms with Crippen molar-refractivity contribution in [1.82, 2.24) is 4.90 Å². The summed E-state index contributed by atoms with van der Waals surface area (Å²) in [5.74, 6) is -0.377. The number of carboxylic acid groups (broad SMARTS) is 1. The maximum Gasteiger partial charge on any atom is 0.321 e. The number of fused-ring (bicyclic) bond motifs is 1. The highest BCUT2D eigenvalue weighted by atomic mass is 35.5. The van der Waals surface area contributed by atoms with Crippen molar-refractivity contribution in [2.75, 3.05) is 27.8 Å². The highest BCUT2D eigenvalue weighted by Gasteiger charge is 2.41. The fourth-order valence-electron chi connectivity index (χ4n) is 4.38. The van der Waals surface area contributed by atoms with Crippen LogP contribution in [0.3, 0.4) is 0 Å². The number of rotatable bonds is 5. The van der Waals surface area contributed by atoms with E-state index in [2.05, 4.69) is 0 Å². The summed E-state index contributed by atoms with van der Waals surface area (Å²) in [6.07, 6.45) is 0.575. The van der Waals surface area contributed by atoms with Gasteiger partial charge in [-0.1, -0.05) is 23.7 Å². The summed E-state index contributed by atoms with van der Waals surface area (Å²) in [5.41, 5.74) is 1.05. The van der Waals surface area contributed by atoms with E-state index in [4.69, 9.17) is 25.5 Å². The molecule has 2 atom stereocenters. The molecule has 2 unspecified atom stereocenters. The van der Waals surface area contributed by atoms with E-state index in [0.717, 1.165) is 0 Å². The molecule has 8 heteroatoms. The SMILES string of the molecule is COc1cc(OC)c2c(=O)cc(-c3ccccc3Cl)oc2c1C1CCN(C)C1C(=O)O. The second-order valence-corrected chi connectivity index (χ2v) is 7.92. The fourth-order valence-corrected chi connectivity index (χ4v) is 4.61. The second kappa shape index (κ2) is 8.24. The van der Waals surface area contributed by atoms with Crippen molar-refractivity contribution in [2.45, 2.75) is 18.4 Å². The molecule has 0 radical (unpaired) electrons. The van der Waals surface area contributed by atoms with Crippen LogP contribution in [0.4, 0.5) is 0 Å². The molecule has 1 N–H and O–H groups in total. The summed E-state index contributed by atoms with van der Waals surface area (Å²) in [6, 6.07) is 9.26. The van der Waals surface area contributed by atoms with Crippen LogP contribution in [0, 0.1) is 0 Å². The van der Waals surface area contributed by atoms with E-state index in [-0.39, 0.29) is 22.2 Å². The fraction of sp³-hybridized carbons (Fsp3) is 0.304. The Morgan fingerprint density at radius 1 is 1.19 bits per heavy atom. The van der Waals surface area contributed by atoms with Crippen LogP contribution in [0.15, 0.2) is 45.6 Å². The van der Waals surface area contributed by atoms with Crippen LogP contribution < -0.4 is 14.9 Å². The van der Waals surface area contributed by atoms with Crippen LogP contribution in [-0.2, 0) is 4.79 Å². The first-order valence-electron chi connectivity index (χ1n) is 9.78. The lowest BCUT2D eigenvalue weighted by molar-refractivity contribution is -0.142. The molecule has 0 spiro atoms. The van der Waals surface area contributed by atoms with Crippen LogP contribution in [0.5, 0.6) is 11.5 Å². The molecule has 2 heterocycles. The molecule has 0 aliphatic carbocycles. The van der Waals surface area contributed by atoms with Crippen molar-refractivity contribution in [3.63, 3.8) is 0 Å². The number of hydrogen-bond acceptors (Lipinski definition) is 6. The van der Waals surface area contributed by atoms with Crippen LogP contribution in [0.25, 0.3) is 22.3 Å². The van der Waals surface area contributed by atoms with Crippen LogP contribution in [0.2, 0.25) is 5.02 Å². The first-order chi connectivity index (χ1) is 14.9. The standard InChI is InChI=1S/C23H22ClNO6/c1-25-9-8-13(21(25)23(27)28)19-17(29-2)11-18(30-3)20-15(26)10-16(31-22(19)20)12-6-4-5-7-14(12)24/h4-7,10-11,13,21H,8-9H2,1-3H3,(H,27,28). The zero-order valence-corrected chi connectivity index (χ0v) is 18.1. The number of nitrogens with zero attached hydrogens (tertiary/aromatic N) is 1. The highest BCUT2D eigenvalue weighted by Crippen LogP contribution is 2.45. The van der Waals surface area contributed by atoms with Crippen molar-refractivity contribution in [3.8, 4) is 22.8 Å². The van der Waals surface area contributed by atoms with Gasteiger partial charge in [-0.3, -0.25) is 14.5 Å². The van der Waals surface area contributed by atoms with Crippen LogP contribution >= 0.6 is 11.6 Å². The van der Waals surface area contributed by atoms with Crippen molar-refractivity contribution >= 4 is 28.5 Å². The predicted molar refractivity (Wildman–Crippen MR) is 117 cm³/mol. The molecule has 1 fully saturated rings. The molecular weight excluding hydrogens is 422 g/mol. The van der Waals surface area contributed by atoms with Gasteiger partial charge in [-0.05, 0) is 32.1 Å². The number of carbonyl (C=O) groups is 1. The number of ether oxygens (including phenoxy) is 2. The van der Waals surface area contributed by atoms with E-state index < -0.39 is 17.9 Å². The van der Waals surface area contributed by atoms with Crippen LogP contribution in [-0.4, -0.2) is 49.8 Å². The Kier molecular flexibility index (Phi) is 5.64. The van der Waals surface area contributed by atoms with Crippen molar-refractivity contribution in [3.05, 3.63) is 57.2 Å². The Morgan fingerprint density at radius 2 is 1.90 bits per heavy atom. The maximum atomic E-state index is 13.2. The van der Waals surface area contributed by atoms with Gasteiger partial charge < -0.3 is 19.0 Å². The van der Waals surface area contributed by atoms with E-state index in [9.17, 15) is 14.7 Å². The van der Waals surface area contributed by atoms with Gasteiger partial charge in [-0.15, -0.1) is 0 Å².